The smallest absolute Gasteiger partial charge is 0.161 e. The lowest BCUT2D eigenvalue weighted by Gasteiger charge is -2.18. The first-order chi connectivity index (χ1) is 11.6. The first-order valence-electron chi connectivity index (χ1n) is 7.32. The maximum atomic E-state index is 8.85. The van der Waals surface area contributed by atoms with Crippen LogP contribution in [0.5, 0.6) is 11.5 Å². The topological polar surface area (TPSA) is 87.4 Å². The minimum absolute atomic E-state index is 0.0638. The van der Waals surface area contributed by atoms with Crippen molar-refractivity contribution < 1.29 is 14.6 Å². The lowest BCUT2D eigenvalue weighted by molar-refractivity contribution is 0.196. The summed E-state index contributed by atoms with van der Waals surface area (Å²) >= 11 is 6.14. The summed E-state index contributed by atoms with van der Waals surface area (Å²) < 4.78 is 10.7. The van der Waals surface area contributed by atoms with Gasteiger partial charge in [0.2, 0.25) is 0 Å². The predicted molar refractivity (Wildman–Crippen MR) is 91.6 cm³/mol. The number of nitrogens with one attached hydrogen (secondary N) is 1. The van der Waals surface area contributed by atoms with Crippen LogP contribution in [-0.2, 0) is 0 Å². The molecule has 2 N–H and O–H groups in total. The van der Waals surface area contributed by atoms with Crippen LogP contribution in [0.3, 0.4) is 0 Å². The van der Waals surface area contributed by atoms with E-state index in [1.54, 1.807) is 19.2 Å². The molecule has 0 radical (unpaired) electrons. The van der Waals surface area contributed by atoms with Crippen molar-refractivity contribution in [1.82, 2.24) is 4.98 Å². The average Bonchev–Trinajstić information content (AvgIpc) is 2.61. The molecule has 0 aliphatic rings. The number of nitriles is 1. The second kappa shape index (κ2) is 8.39. The molecule has 2 aromatic rings. The Labute approximate surface area is 145 Å². The van der Waals surface area contributed by atoms with Gasteiger partial charge in [0.05, 0.1) is 30.3 Å². The SMILES string of the molecule is COc1cc(C(C)Nc2ncc(C#N)cc2Cl)ccc1OCCO. The summed E-state index contributed by atoms with van der Waals surface area (Å²) in [6.45, 7) is 2.10. The molecule has 0 aliphatic carbocycles. The van der Waals surface area contributed by atoms with Gasteiger partial charge in [0.1, 0.15) is 18.5 Å². The Kier molecular flexibility index (Phi) is 6.24. The van der Waals surface area contributed by atoms with E-state index in [1.807, 2.05) is 25.1 Å². The van der Waals surface area contributed by atoms with Crippen LogP contribution in [-0.4, -0.2) is 30.4 Å². The van der Waals surface area contributed by atoms with Crippen LogP contribution in [0.2, 0.25) is 5.02 Å². The molecular formula is C17H18ClN3O3. The summed E-state index contributed by atoms with van der Waals surface area (Å²) in [6, 6.07) is 9.00. The second-order valence-corrected chi connectivity index (χ2v) is 5.42. The van der Waals surface area contributed by atoms with Gasteiger partial charge in [-0.25, -0.2) is 4.98 Å². The first kappa shape index (κ1) is 17.9. The summed E-state index contributed by atoms with van der Waals surface area (Å²) in [5.74, 6) is 1.65. The van der Waals surface area contributed by atoms with E-state index >= 15 is 0 Å². The van der Waals surface area contributed by atoms with Crippen LogP contribution in [0.25, 0.3) is 0 Å². The maximum Gasteiger partial charge on any atom is 0.161 e. The van der Waals surface area contributed by atoms with Crippen LogP contribution in [0.4, 0.5) is 5.82 Å². The zero-order valence-corrected chi connectivity index (χ0v) is 14.2. The molecule has 0 fully saturated rings. The molecule has 1 unspecified atom stereocenters. The van der Waals surface area contributed by atoms with Gasteiger partial charge in [-0.2, -0.15) is 5.26 Å². The van der Waals surface area contributed by atoms with Gasteiger partial charge in [-0.1, -0.05) is 17.7 Å². The van der Waals surface area contributed by atoms with Gasteiger partial charge >= 0.3 is 0 Å². The molecule has 0 spiro atoms. The van der Waals surface area contributed by atoms with Gasteiger partial charge in [0.25, 0.3) is 0 Å². The van der Waals surface area contributed by atoms with Gasteiger partial charge in [0.15, 0.2) is 11.5 Å². The predicted octanol–water partition coefficient (Wildman–Crippen LogP) is 3.16. The highest BCUT2D eigenvalue weighted by atomic mass is 35.5. The van der Waals surface area contributed by atoms with Crippen molar-refractivity contribution in [3.8, 4) is 17.6 Å². The number of hydrogen-bond donors (Lipinski definition) is 2. The summed E-state index contributed by atoms with van der Waals surface area (Å²) in [5.41, 5.74) is 1.36. The monoisotopic (exact) mass is 347 g/mol. The van der Waals surface area contributed by atoms with Crippen molar-refractivity contribution in [3.05, 3.63) is 46.6 Å². The minimum Gasteiger partial charge on any atom is -0.493 e. The Balaban J connectivity index is 2.17. The normalized spacial score (nSPS) is 11.5. The van der Waals surface area contributed by atoms with Gasteiger partial charge in [-0.05, 0) is 30.7 Å². The zero-order chi connectivity index (χ0) is 17.5. The third-order valence-corrected chi connectivity index (χ3v) is 3.65. The molecule has 126 valence electrons. The zero-order valence-electron chi connectivity index (χ0n) is 13.4. The Hall–Kier alpha value is -2.49. The molecule has 0 saturated heterocycles. The number of anilines is 1. The highest BCUT2D eigenvalue weighted by molar-refractivity contribution is 6.33. The Morgan fingerprint density at radius 1 is 1.38 bits per heavy atom. The standard InChI is InChI=1S/C17H18ClN3O3/c1-11(21-17-14(18)7-12(9-19)10-20-17)13-3-4-15(24-6-5-22)16(8-13)23-2/h3-4,7-8,10-11,22H,5-6H2,1-2H3,(H,20,21). The third-order valence-electron chi connectivity index (χ3n) is 3.36. The molecule has 0 amide bonds. The number of halogens is 1. The number of pyridine rings is 1. The van der Waals surface area contributed by atoms with E-state index < -0.39 is 0 Å². The van der Waals surface area contributed by atoms with Gasteiger partial charge in [-0.3, -0.25) is 0 Å². The number of ether oxygens (including phenoxy) is 2. The molecule has 1 aromatic heterocycles. The van der Waals surface area contributed by atoms with E-state index in [1.165, 1.54) is 6.20 Å². The number of aromatic nitrogens is 1. The molecular weight excluding hydrogens is 330 g/mol. The van der Waals surface area contributed by atoms with Crippen LogP contribution < -0.4 is 14.8 Å². The first-order valence-corrected chi connectivity index (χ1v) is 7.70. The van der Waals surface area contributed by atoms with E-state index in [-0.39, 0.29) is 19.3 Å². The van der Waals surface area contributed by atoms with Crippen LogP contribution in [0.15, 0.2) is 30.5 Å². The van der Waals surface area contributed by atoms with Crippen molar-refractivity contribution in [1.29, 1.82) is 5.26 Å². The van der Waals surface area contributed by atoms with Crippen molar-refractivity contribution in [2.75, 3.05) is 25.6 Å². The summed E-state index contributed by atoms with van der Waals surface area (Å²) in [4.78, 5) is 4.17. The Bertz CT molecular complexity index is 746. The summed E-state index contributed by atoms with van der Waals surface area (Å²) in [6.07, 6.45) is 1.47. The number of aliphatic hydroxyl groups is 1. The van der Waals surface area contributed by atoms with E-state index in [2.05, 4.69) is 10.3 Å². The number of benzene rings is 1. The molecule has 24 heavy (non-hydrogen) atoms. The number of rotatable bonds is 7. The molecule has 7 heteroatoms. The second-order valence-electron chi connectivity index (χ2n) is 5.01. The quantitative estimate of drug-likeness (QED) is 0.800. The van der Waals surface area contributed by atoms with E-state index in [4.69, 9.17) is 31.4 Å². The number of aliphatic hydroxyl groups excluding tert-OH is 1. The molecule has 2 rings (SSSR count). The summed E-state index contributed by atoms with van der Waals surface area (Å²) in [7, 11) is 1.56. The van der Waals surface area contributed by atoms with Crippen molar-refractivity contribution >= 4 is 17.4 Å². The highest BCUT2D eigenvalue weighted by Crippen LogP contribution is 2.32. The molecule has 1 heterocycles. The molecule has 0 saturated carbocycles. The van der Waals surface area contributed by atoms with Crippen LogP contribution in [0, 0.1) is 11.3 Å². The van der Waals surface area contributed by atoms with Crippen molar-refractivity contribution in [2.24, 2.45) is 0 Å². The summed E-state index contributed by atoms with van der Waals surface area (Å²) in [5, 5.41) is 21.3. The fourth-order valence-corrected chi connectivity index (χ4v) is 2.34. The molecule has 1 atom stereocenters. The molecule has 0 aliphatic heterocycles. The molecule has 1 aromatic carbocycles. The lowest BCUT2D eigenvalue weighted by atomic mass is 10.1. The Morgan fingerprint density at radius 2 is 2.17 bits per heavy atom. The third kappa shape index (κ3) is 4.28. The number of nitrogens with zero attached hydrogens (tertiary/aromatic N) is 2. The van der Waals surface area contributed by atoms with E-state index in [0.717, 1.165) is 5.56 Å². The van der Waals surface area contributed by atoms with Crippen molar-refractivity contribution in [2.45, 2.75) is 13.0 Å². The van der Waals surface area contributed by atoms with Gasteiger partial charge in [-0.15, -0.1) is 0 Å². The molecule has 0 bridgehead atoms. The van der Waals surface area contributed by atoms with Gasteiger partial charge < -0.3 is 19.9 Å². The fraction of sp³-hybridized carbons (Fsp3) is 0.294. The maximum absolute atomic E-state index is 8.85. The van der Waals surface area contributed by atoms with Crippen molar-refractivity contribution in [3.63, 3.8) is 0 Å². The average molecular weight is 348 g/mol. The highest BCUT2D eigenvalue weighted by Gasteiger charge is 2.13. The fourth-order valence-electron chi connectivity index (χ4n) is 2.12. The van der Waals surface area contributed by atoms with Crippen LogP contribution >= 0.6 is 11.6 Å². The lowest BCUT2D eigenvalue weighted by Crippen LogP contribution is -2.09. The van der Waals surface area contributed by atoms with E-state index in [0.29, 0.717) is 27.9 Å². The Morgan fingerprint density at radius 3 is 2.79 bits per heavy atom. The van der Waals surface area contributed by atoms with Crippen LogP contribution in [0.1, 0.15) is 24.1 Å². The van der Waals surface area contributed by atoms with E-state index in [9.17, 15) is 0 Å². The minimum atomic E-state index is -0.0938. The van der Waals surface area contributed by atoms with Gasteiger partial charge in [0, 0.05) is 6.20 Å². The number of methoxy groups -OCH3 is 1. The largest absolute Gasteiger partial charge is 0.493 e. The number of hydrogen-bond acceptors (Lipinski definition) is 6. The molecule has 6 nitrogen and oxygen atoms in total.